The Morgan fingerprint density at radius 1 is 0.830 bits per heavy atom. The molecule has 0 heterocycles. The molecule has 0 bridgehead atoms. The predicted molar refractivity (Wildman–Crippen MR) is 169 cm³/mol. The third-order valence-electron chi connectivity index (χ3n) is 8.51. The van der Waals surface area contributed by atoms with Crippen LogP contribution in [0.5, 0.6) is 5.75 Å². The number of phenolic OH excluding ortho intramolecular Hbond substituents is 1. The fraction of sp³-hybridized carbons (Fsp3) is 0.588. The maximum absolute atomic E-state index is 14.9. The average Bonchev–Trinajstić information content (AvgIpc) is 3.18. The lowest BCUT2D eigenvalue weighted by Gasteiger charge is -2.22. The van der Waals surface area contributed by atoms with Gasteiger partial charge in [0.2, 0.25) is 0 Å². The molecule has 0 amide bonds. The first kappa shape index (κ1) is 38.8. The molecule has 0 unspecified atom stereocenters. The van der Waals surface area contributed by atoms with Crippen molar-refractivity contribution >= 4 is 21.0 Å². The van der Waals surface area contributed by atoms with Crippen LogP contribution in [-0.2, 0) is 21.0 Å². The highest BCUT2D eigenvalue weighted by Gasteiger charge is 2.56. The van der Waals surface area contributed by atoms with E-state index < -0.39 is 46.3 Å². The molecule has 1 aliphatic carbocycles. The van der Waals surface area contributed by atoms with E-state index in [0.717, 1.165) is 48.0 Å². The lowest BCUT2D eigenvalue weighted by atomic mass is 9.89. The van der Waals surface area contributed by atoms with Crippen LogP contribution in [0.15, 0.2) is 36.4 Å². The monoisotopic (exact) mass is 695 g/mol. The van der Waals surface area contributed by atoms with Gasteiger partial charge < -0.3 is 14.7 Å². The molecule has 0 atom stereocenters. The molecule has 1 N–H and O–H groups in total. The van der Waals surface area contributed by atoms with Gasteiger partial charge in [0.1, 0.15) is 15.7 Å². The first-order valence-corrected chi connectivity index (χ1v) is 17.8. The Kier molecular flexibility index (Phi) is 14.6. The SMILES string of the molecule is COCCN(CCCCCCC1=C(c2ccc(F)cc2)CCCc2c1ccc(O)c2F)CCCS(=O)(=O)CCCC(F)(F)C(F)(F)F. The maximum Gasteiger partial charge on any atom is 0.453 e. The second-order valence-corrected chi connectivity index (χ2v) is 14.4. The number of phenols is 1. The minimum atomic E-state index is -5.70. The Morgan fingerprint density at radius 2 is 1.49 bits per heavy atom. The van der Waals surface area contributed by atoms with Crippen LogP contribution in [0, 0.1) is 11.6 Å². The smallest absolute Gasteiger partial charge is 0.453 e. The van der Waals surface area contributed by atoms with Gasteiger partial charge in [0, 0.05) is 20.1 Å². The van der Waals surface area contributed by atoms with Gasteiger partial charge in [-0.2, -0.15) is 22.0 Å². The second kappa shape index (κ2) is 17.7. The lowest BCUT2D eigenvalue weighted by molar-refractivity contribution is -0.284. The van der Waals surface area contributed by atoms with Crippen molar-refractivity contribution in [2.45, 2.75) is 82.7 Å². The van der Waals surface area contributed by atoms with Gasteiger partial charge in [-0.1, -0.05) is 31.0 Å². The standard InChI is InChI=1S/C34H44F7NO4S/c1-46-22-21-42(20-8-24-47(44,45)23-7-18-33(37,38)34(39,40)41)19-5-3-2-4-9-28-27(25-12-14-26(35)15-13-25)10-6-11-30-29(28)16-17-31(43)32(30)36/h12-17,43H,2-11,18-24H2,1H3. The van der Waals surface area contributed by atoms with E-state index in [4.69, 9.17) is 4.74 Å². The molecule has 2 aromatic carbocycles. The molecular formula is C34H44F7NO4S. The van der Waals surface area contributed by atoms with E-state index in [9.17, 15) is 44.3 Å². The summed E-state index contributed by atoms with van der Waals surface area (Å²) in [4.78, 5) is 2.04. The highest BCUT2D eigenvalue weighted by atomic mass is 32.2. The van der Waals surface area contributed by atoms with Crippen LogP contribution in [-0.4, -0.2) is 75.4 Å². The number of methoxy groups -OCH3 is 1. The fourth-order valence-corrected chi connectivity index (χ4v) is 7.32. The minimum Gasteiger partial charge on any atom is -0.505 e. The Hall–Kier alpha value is -2.64. The molecule has 0 fully saturated rings. The molecule has 3 rings (SSSR count). The third-order valence-corrected chi connectivity index (χ3v) is 10.3. The maximum atomic E-state index is 14.9. The van der Waals surface area contributed by atoms with Crippen molar-refractivity contribution in [3.63, 3.8) is 0 Å². The zero-order valence-corrected chi connectivity index (χ0v) is 27.5. The van der Waals surface area contributed by atoms with Gasteiger partial charge in [0.05, 0.1) is 18.1 Å². The second-order valence-electron chi connectivity index (χ2n) is 12.1. The van der Waals surface area contributed by atoms with E-state index in [1.54, 1.807) is 25.3 Å². The van der Waals surface area contributed by atoms with Crippen molar-refractivity contribution in [2.75, 3.05) is 44.9 Å². The fourth-order valence-electron chi connectivity index (χ4n) is 5.96. The number of hydrogen-bond acceptors (Lipinski definition) is 5. The van der Waals surface area contributed by atoms with Crippen molar-refractivity contribution in [1.29, 1.82) is 0 Å². The van der Waals surface area contributed by atoms with Crippen LogP contribution in [0.3, 0.4) is 0 Å². The van der Waals surface area contributed by atoms with Crippen LogP contribution in [0.1, 0.15) is 80.9 Å². The zero-order valence-electron chi connectivity index (χ0n) is 26.7. The van der Waals surface area contributed by atoms with E-state index in [1.165, 1.54) is 18.2 Å². The van der Waals surface area contributed by atoms with E-state index in [-0.39, 0.29) is 23.7 Å². The van der Waals surface area contributed by atoms with E-state index >= 15 is 0 Å². The number of rotatable bonds is 19. The zero-order chi connectivity index (χ0) is 34.7. The number of ether oxygens (including phenoxy) is 1. The molecule has 1 aliphatic rings. The van der Waals surface area contributed by atoms with E-state index in [0.29, 0.717) is 57.5 Å². The molecule has 5 nitrogen and oxygen atoms in total. The summed E-state index contributed by atoms with van der Waals surface area (Å²) in [6.07, 6.45) is -1.92. The molecular weight excluding hydrogens is 651 g/mol. The summed E-state index contributed by atoms with van der Waals surface area (Å²) in [5.41, 5.74) is 4.19. The summed E-state index contributed by atoms with van der Waals surface area (Å²) < 4.78 is 122. The van der Waals surface area contributed by atoms with Crippen LogP contribution in [0.4, 0.5) is 30.7 Å². The van der Waals surface area contributed by atoms with Crippen molar-refractivity contribution in [1.82, 2.24) is 4.90 Å². The first-order chi connectivity index (χ1) is 22.1. The van der Waals surface area contributed by atoms with Crippen molar-refractivity contribution in [2.24, 2.45) is 0 Å². The Morgan fingerprint density at radius 3 is 2.17 bits per heavy atom. The van der Waals surface area contributed by atoms with Crippen molar-refractivity contribution in [3.8, 4) is 5.75 Å². The van der Waals surface area contributed by atoms with Crippen LogP contribution in [0.25, 0.3) is 11.1 Å². The number of nitrogens with zero attached hydrogens (tertiary/aromatic N) is 1. The van der Waals surface area contributed by atoms with Gasteiger partial charge in [0.15, 0.2) is 11.6 Å². The molecule has 0 saturated carbocycles. The van der Waals surface area contributed by atoms with Gasteiger partial charge in [-0.15, -0.1) is 0 Å². The number of benzene rings is 2. The Balaban J connectivity index is 1.52. The van der Waals surface area contributed by atoms with Crippen LogP contribution < -0.4 is 0 Å². The highest BCUT2D eigenvalue weighted by molar-refractivity contribution is 7.91. The van der Waals surface area contributed by atoms with Crippen molar-refractivity contribution in [3.05, 3.63) is 64.7 Å². The Labute approximate surface area is 272 Å². The summed E-state index contributed by atoms with van der Waals surface area (Å²) in [6.45, 7) is 2.05. The van der Waals surface area contributed by atoms with Gasteiger partial charge in [-0.25, -0.2) is 17.2 Å². The lowest BCUT2D eigenvalue weighted by Crippen LogP contribution is -2.36. The summed E-state index contributed by atoms with van der Waals surface area (Å²) in [5.74, 6) is -7.27. The molecule has 2 aromatic rings. The van der Waals surface area contributed by atoms with Gasteiger partial charge in [-0.05, 0) is 110 Å². The van der Waals surface area contributed by atoms with Gasteiger partial charge in [0.25, 0.3) is 0 Å². The summed E-state index contributed by atoms with van der Waals surface area (Å²) in [5, 5.41) is 9.98. The van der Waals surface area contributed by atoms with Crippen LogP contribution >= 0.6 is 0 Å². The molecule has 13 heteroatoms. The number of alkyl halides is 5. The summed E-state index contributed by atoms with van der Waals surface area (Å²) >= 11 is 0. The van der Waals surface area contributed by atoms with E-state index in [1.807, 2.05) is 4.90 Å². The minimum absolute atomic E-state index is 0.216. The molecule has 264 valence electrons. The molecule has 47 heavy (non-hydrogen) atoms. The first-order valence-electron chi connectivity index (χ1n) is 16.0. The number of halogens is 7. The molecule has 0 radical (unpaired) electrons. The summed E-state index contributed by atoms with van der Waals surface area (Å²) in [7, 11) is -2.23. The van der Waals surface area contributed by atoms with Gasteiger partial charge >= 0.3 is 12.1 Å². The predicted octanol–water partition coefficient (Wildman–Crippen LogP) is 8.60. The number of aromatic hydroxyl groups is 1. The molecule has 0 saturated heterocycles. The Bertz CT molecular complexity index is 1430. The number of unbranched alkanes of at least 4 members (excludes halogenated alkanes) is 3. The normalized spacial score (nSPS) is 14.5. The average molecular weight is 696 g/mol. The number of allylic oxidation sites excluding steroid dienone is 2. The van der Waals surface area contributed by atoms with Crippen LogP contribution in [0.2, 0.25) is 0 Å². The molecule has 0 aliphatic heterocycles. The number of hydrogen-bond donors (Lipinski definition) is 1. The number of fused-ring (bicyclic) bond motifs is 1. The molecule has 0 spiro atoms. The highest BCUT2D eigenvalue weighted by Crippen LogP contribution is 2.41. The summed E-state index contributed by atoms with van der Waals surface area (Å²) in [6, 6.07) is 9.41. The van der Waals surface area contributed by atoms with Gasteiger partial charge in [-0.3, -0.25) is 0 Å². The number of sulfone groups is 1. The largest absolute Gasteiger partial charge is 0.505 e. The quantitative estimate of drug-likeness (QED) is 0.118. The van der Waals surface area contributed by atoms with Crippen molar-refractivity contribution < 1.29 is 49.0 Å². The molecule has 0 aromatic heterocycles. The third kappa shape index (κ3) is 11.8. The topological polar surface area (TPSA) is 66.8 Å². The van der Waals surface area contributed by atoms with E-state index in [2.05, 4.69) is 0 Å².